The van der Waals surface area contributed by atoms with Crippen molar-refractivity contribution in [2.45, 2.75) is 64.8 Å². The van der Waals surface area contributed by atoms with E-state index in [1.165, 1.54) is 131 Å². The van der Waals surface area contributed by atoms with Gasteiger partial charge in [0.2, 0.25) is 32.5 Å². The van der Waals surface area contributed by atoms with E-state index in [1.807, 2.05) is 47.0 Å². The van der Waals surface area contributed by atoms with Gasteiger partial charge in [-0.2, -0.15) is 0 Å². The minimum atomic E-state index is 1.10. The summed E-state index contributed by atoms with van der Waals surface area (Å²) in [6.07, 6.45) is 13.6. The standard InChI is InChI=1S/C57H54N4S4/c1-58-50-32-18-20-34-52(50)64-54(58)38-42-40-56(60(44-24-10-8-11-25-44)48-30-16-14-28-46(42)48)62-36-22-6-4-3-5-7-23-37-63-57-41-43(39-55-59(2)51-33-19-21-35-53(51)65-55)47-29-15-17-31-49(47)61(57)45-26-12-9-13-27-45/h8-21,24-35,38-41H,3-7,22-23,36-37H2,1-2H3/q+2. The summed E-state index contributed by atoms with van der Waals surface area (Å²) in [5, 5.41) is 7.64. The number of rotatable bonds is 16. The van der Waals surface area contributed by atoms with E-state index >= 15 is 0 Å². The number of nitrogens with zero attached hydrogens (tertiary/aromatic N) is 4. The Labute approximate surface area is 401 Å². The average Bonchev–Trinajstić information content (AvgIpc) is 3.84. The van der Waals surface area contributed by atoms with E-state index in [9.17, 15) is 0 Å². The van der Waals surface area contributed by atoms with Crippen LogP contribution in [0.3, 0.4) is 0 Å². The number of benzene rings is 6. The number of pyridine rings is 2. The summed E-state index contributed by atoms with van der Waals surface area (Å²) in [6, 6.07) is 61.8. The molecule has 0 aliphatic carbocycles. The highest BCUT2D eigenvalue weighted by atomic mass is 32.2. The smallest absolute Gasteiger partial charge is 0.247 e. The largest absolute Gasteiger partial charge is 0.338 e. The number of fused-ring (bicyclic) bond motifs is 4. The Kier molecular flexibility index (Phi) is 13.7. The van der Waals surface area contributed by atoms with Crippen LogP contribution in [-0.2, 0) is 0 Å². The zero-order chi connectivity index (χ0) is 44.0. The molecule has 0 spiro atoms. The van der Waals surface area contributed by atoms with Crippen molar-refractivity contribution < 1.29 is 9.13 Å². The summed E-state index contributed by atoms with van der Waals surface area (Å²) in [5.41, 5.74) is 9.99. The van der Waals surface area contributed by atoms with Crippen molar-refractivity contribution in [1.82, 2.24) is 0 Å². The second-order valence-electron chi connectivity index (χ2n) is 16.6. The van der Waals surface area contributed by atoms with Crippen LogP contribution in [0, 0.1) is 0 Å². The Morgan fingerprint density at radius 3 is 1.23 bits per heavy atom. The fourth-order valence-corrected chi connectivity index (χ4v) is 13.4. The third-order valence-electron chi connectivity index (χ3n) is 12.3. The van der Waals surface area contributed by atoms with Gasteiger partial charge in [-0.3, -0.25) is 0 Å². The maximum absolute atomic E-state index is 2.46. The van der Waals surface area contributed by atoms with Crippen LogP contribution in [0.4, 0.5) is 11.4 Å². The molecule has 2 aromatic heterocycles. The predicted octanol–water partition coefficient (Wildman–Crippen LogP) is 15.2. The zero-order valence-electron chi connectivity index (χ0n) is 37.1. The maximum Gasteiger partial charge on any atom is 0.247 e. The number of unbranched alkanes of at least 4 members (excludes halogenated alkanes) is 6. The van der Waals surface area contributed by atoms with Crippen molar-refractivity contribution in [1.29, 1.82) is 0 Å². The first kappa shape index (κ1) is 43.5. The quantitative estimate of drug-likeness (QED) is 0.0541. The monoisotopic (exact) mass is 922 g/mol. The molecular formula is C57H54N4S4+2. The molecule has 0 fully saturated rings. The van der Waals surface area contributed by atoms with Crippen LogP contribution >= 0.6 is 47.0 Å². The molecule has 0 atom stereocenters. The van der Waals surface area contributed by atoms with Crippen molar-refractivity contribution >= 4 is 92.4 Å². The fourth-order valence-electron chi connectivity index (χ4n) is 8.95. The Hall–Kier alpha value is -5.38. The van der Waals surface area contributed by atoms with Crippen molar-refractivity contribution in [2.75, 3.05) is 35.4 Å². The first-order valence-electron chi connectivity index (χ1n) is 22.9. The van der Waals surface area contributed by atoms with Crippen LogP contribution in [0.5, 0.6) is 0 Å². The Balaban J connectivity index is 0.765. The third-order valence-corrected chi connectivity index (χ3v) is 16.8. The van der Waals surface area contributed by atoms with E-state index in [0.717, 1.165) is 11.5 Å². The van der Waals surface area contributed by atoms with Crippen LogP contribution in [-0.4, -0.2) is 25.6 Å². The molecule has 0 N–H and O–H groups in total. The molecule has 0 unspecified atom stereocenters. The molecule has 0 radical (unpaired) electrons. The lowest BCUT2D eigenvalue weighted by Gasteiger charge is -2.14. The molecule has 0 saturated carbocycles. The van der Waals surface area contributed by atoms with Gasteiger partial charge in [-0.15, -0.1) is 9.13 Å². The van der Waals surface area contributed by atoms with E-state index in [2.05, 4.69) is 215 Å². The summed E-state index contributed by atoms with van der Waals surface area (Å²) in [5.74, 6) is 2.21. The van der Waals surface area contributed by atoms with Crippen LogP contribution in [0.25, 0.3) is 45.3 Å². The van der Waals surface area contributed by atoms with Gasteiger partial charge in [-0.25, -0.2) is 0 Å². The number of thioether (sulfide) groups is 4. The van der Waals surface area contributed by atoms with Crippen LogP contribution in [0.1, 0.15) is 56.1 Å². The fraction of sp³-hybridized carbons (Fsp3) is 0.193. The molecule has 4 heterocycles. The summed E-state index contributed by atoms with van der Waals surface area (Å²) in [6.45, 7) is 0. The molecule has 0 amide bonds. The average molecular weight is 923 g/mol. The van der Waals surface area contributed by atoms with Gasteiger partial charge in [0.15, 0.2) is 0 Å². The van der Waals surface area contributed by atoms with Gasteiger partial charge in [0, 0.05) is 83.9 Å². The normalized spacial score (nSPS) is 14.6. The maximum atomic E-state index is 2.46. The highest BCUT2D eigenvalue weighted by Gasteiger charge is 2.27. The lowest BCUT2D eigenvalue weighted by Crippen LogP contribution is -2.34. The predicted molar refractivity (Wildman–Crippen MR) is 282 cm³/mol. The van der Waals surface area contributed by atoms with Gasteiger partial charge in [-0.05, 0) is 72.5 Å². The van der Waals surface area contributed by atoms with Crippen molar-refractivity contribution in [3.8, 4) is 11.4 Å². The zero-order valence-corrected chi connectivity index (χ0v) is 40.4. The van der Waals surface area contributed by atoms with Crippen LogP contribution in [0.15, 0.2) is 200 Å². The number of hydrogen-bond donors (Lipinski definition) is 0. The van der Waals surface area contributed by atoms with Crippen molar-refractivity contribution in [3.05, 3.63) is 191 Å². The molecule has 324 valence electrons. The molecule has 8 aromatic rings. The van der Waals surface area contributed by atoms with Gasteiger partial charge in [0.25, 0.3) is 0 Å². The Bertz CT molecular complexity index is 2820. The van der Waals surface area contributed by atoms with E-state index < -0.39 is 0 Å². The minimum absolute atomic E-state index is 1.10. The highest BCUT2D eigenvalue weighted by Crippen LogP contribution is 2.47. The molecule has 2 aliphatic heterocycles. The minimum Gasteiger partial charge on any atom is -0.338 e. The molecule has 10 rings (SSSR count). The number of para-hydroxylation sites is 6. The number of hydrogen-bond acceptors (Lipinski definition) is 6. The molecule has 0 saturated heterocycles. The van der Waals surface area contributed by atoms with E-state index in [-0.39, 0.29) is 0 Å². The van der Waals surface area contributed by atoms with E-state index in [0.29, 0.717) is 0 Å². The Morgan fingerprint density at radius 1 is 0.431 bits per heavy atom. The summed E-state index contributed by atoms with van der Waals surface area (Å²) in [7, 11) is 4.37. The first-order valence-corrected chi connectivity index (χ1v) is 26.5. The van der Waals surface area contributed by atoms with Crippen molar-refractivity contribution in [2.24, 2.45) is 0 Å². The van der Waals surface area contributed by atoms with Crippen LogP contribution in [0.2, 0.25) is 0 Å². The summed E-state index contributed by atoms with van der Waals surface area (Å²) >= 11 is 7.71. The summed E-state index contributed by atoms with van der Waals surface area (Å²) < 4.78 is 4.92. The lowest BCUT2D eigenvalue weighted by molar-refractivity contribution is -0.608. The van der Waals surface area contributed by atoms with Crippen LogP contribution < -0.4 is 18.9 Å². The second kappa shape index (κ2) is 20.4. The molecule has 4 nitrogen and oxygen atoms in total. The van der Waals surface area contributed by atoms with Gasteiger partial charge in [0.1, 0.15) is 0 Å². The molecular weight excluding hydrogens is 869 g/mol. The lowest BCUT2D eigenvalue weighted by atomic mass is 10.1. The molecule has 0 bridgehead atoms. The Morgan fingerprint density at radius 2 is 0.800 bits per heavy atom. The molecule has 2 aliphatic rings. The number of aromatic nitrogens is 2. The SMILES string of the molecule is CN1/C(=C\c2cc(SCCCCCCCCCSc3cc(/C=C4/Sc5ccccc5N4C)c4ccccc4[n+]3-c3ccccc3)[n+](-c3ccccc3)c3ccccc23)Sc2ccccc21. The first-order chi connectivity index (χ1) is 32.1. The van der Waals surface area contributed by atoms with E-state index in [4.69, 9.17) is 0 Å². The number of anilines is 2. The summed E-state index contributed by atoms with van der Waals surface area (Å²) in [4.78, 5) is 7.28. The molecule has 65 heavy (non-hydrogen) atoms. The second-order valence-corrected chi connectivity index (χ2v) is 21.0. The molecule has 6 aromatic carbocycles. The van der Waals surface area contributed by atoms with Gasteiger partial charge >= 0.3 is 0 Å². The van der Waals surface area contributed by atoms with Gasteiger partial charge in [0.05, 0.1) is 32.2 Å². The molecule has 8 heteroatoms. The third kappa shape index (κ3) is 9.50. The highest BCUT2D eigenvalue weighted by molar-refractivity contribution is 8.04. The topological polar surface area (TPSA) is 14.2 Å². The van der Waals surface area contributed by atoms with Crippen molar-refractivity contribution in [3.63, 3.8) is 0 Å². The van der Waals surface area contributed by atoms with Gasteiger partial charge in [-0.1, -0.05) is 164 Å². The van der Waals surface area contributed by atoms with Gasteiger partial charge < -0.3 is 9.80 Å². The van der Waals surface area contributed by atoms with E-state index in [1.54, 1.807) is 0 Å².